The van der Waals surface area contributed by atoms with Gasteiger partial charge in [-0.2, -0.15) is 4.98 Å². The third-order valence-corrected chi connectivity index (χ3v) is 5.66. The molecule has 2 fully saturated rings. The van der Waals surface area contributed by atoms with Gasteiger partial charge in [0.25, 0.3) is 0 Å². The minimum atomic E-state index is -2.90. The summed E-state index contributed by atoms with van der Waals surface area (Å²) in [6.07, 6.45) is 0.611. The van der Waals surface area contributed by atoms with E-state index in [9.17, 15) is 8.42 Å². The second-order valence-electron chi connectivity index (χ2n) is 5.33. The first-order valence-corrected chi connectivity index (χ1v) is 8.12. The highest BCUT2D eigenvalue weighted by Crippen LogP contribution is 2.30. The summed E-state index contributed by atoms with van der Waals surface area (Å²) >= 11 is 0. The van der Waals surface area contributed by atoms with Crippen LogP contribution >= 0.6 is 0 Å². The predicted molar refractivity (Wildman–Crippen MR) is 65.1 cm³/mol. The minimum absolute atomic E-state index is 0.0860. The van der Waals surface area contributed by atoms with Gasteiger partial charge in [0, 0.05) is 12.5 Å². The molecule has 3 heterocycles. The molecule has 7 heteroatoms. The van der Waals surface area contributed by atoms with E-state index in [1.54, 1.807) is 0 Å². The third-order valence-electron chi connectivity index (χ3n) is 3.89. The molecule has 0 saturated carbocycles. The molecule has 0 aromatic carbocycles. The van der Waals surface area contributed by atoms with E-state index in [1.165, 1.54) is 0 Å². The van der Waals surface area contributed by atoms with E-state index in [0.29, 0.717) is 24.1 Å². The van der Waals surface area contributed by atoms with Crippen LogP contribution in [0.4, 0.5) is 0 Å². The predicted octanol–water partition coefficient (Wildman–Crippen LogP) is 0.295. The number of hydrogen-bond donors (Lipinski definition) is 1. The lowest BCUT2D eigenvalue weighted by Gasteiger charge is -2.07. The van der Waals surface area contributed by atoms with Crippen LogP contribution < -0.4 is 5.32 Å². The third kappa shape index (κ3) is 2.16. The molecule has 0 spiro atoms. The monoisotopic (exact) mass is 271 g/mol. The smallest absolute Gasteiger partial charge is 0.231 e. The number of nitrogens with zero attached hydrogens (tertiary/aromatic N) is 2. The molecule has 1 aromatic rings. The highest BCUT2D eigenvalue weighted by atomic mass is 32.2. The molecule has 2 saturated heterocycles. The molecule has 0 radical (unpaired) electrons. The summed E-state index contributed by atoms with van der Waals surface area (Å²) in [6.45, 7) is 3.96. The Hall–Kier alpha value is -0.950. The van der Waals surface area contributed by atoms with Crippen LogP contribution in [0.1, 0.15) is 36.9 Å². The highest BCUT2D eigenvalue weighted by molar-refractivity contribution is 7.91. The summed E-state index contributed by atoms with van der Waals surface area (Å²) in [5, 5.41) is 7.25. The van der Waals surface area contributed by atoms with Gasteiger partial charge in [-0.05, 0) is 18.9 Å². The number of nitrogens with one attached hydrogen (secondary N) is 1. The van der Waals surface area contributed by atoms with Crippen LogP contribution in [0.5, 0.6) is 0 Å². The topological polar surface area (TPSA) is 85.1 Å². The maximum absolute atomic E-state index is 11.4. The maximum Gasteiger partial charge on any atom is 0.231 e. The van der Waals surface area contributed by atoms with Crippen molar-refractivity contribution in [1.82, 2.24) is 15.5 Å². The van der Waals surface area contributed by atoms with Gasteiger partial charge in [0.1, 0.15) is 0 Å². The SMILES string of the molecule is CC1CNCC1c1nc(C2CCS(=O)(=O)C2)no1. The van der Waals surface area contributed by atoms with Crippen molar-refractivity contribution in [1.29, 1.82) is 0 Å². The van der Waals surface area contributed by atoms with Crippen LogP contribution in [0.25, 0.3) is 0 Å². The molecule has 3 unspecified atom stereocenters. The fourth-order valence-electron chi connectivity index (χ4n) is 2.70. The van der Waals surface area contributed by atoms with Crippen molar-refractivity contribution in [2.45, 2.75) is 25.2 Å². The Bertz CT molecular complexity index is 539. The Balaban J connectivity index is 1.78. The van der Waals surface area contributed by atoms with E-state index in [-0.39, 0.29) is 23.3 Å². The summed E-state index contributed by atoms with van der Waals surface area (Å²) in [6, 6.07) is 0. The number of aromatic nitrogens is 2. The van der Waals surface area contributed by atoms with Gasteiger partial charge in [-0.25, -0.2) is 8.42 Å². The second kappa shape index (κ2) is 4.31. The van der Waals surface area contributed by atoms with Crippen LogP contribution in [0, 0.1) is 5.92 Å². The Kier molecular flexibility index (Phi) is 2.90. The zero-order chi connectivity index (χ0) is 12.8. The van der Waals surface area contributed by atoms with Gasteiger partial charge in [-0.15, -0.1) is 0 Å². The molecule has 1 N–H and O–H groups in total. The normalized spacial score (nSPS) is 35.1. The maximum atomic E-state index is 11.4. The quantitative estimate of drug-likeness (QED) is 0.832. The van der Waals surface area contributed by atoms with Gasteiger partial charge in [-0.1, -0.05) is 12.1 Å². The van der Waals surface area contributed by atoms with Gasteiger partial charge in [0.05, 0.1) is 17.4 Å². The van der Waals surface area contributed by atoms with Gasteiger partial charge in [0.2, 0.25) is 5.89 Å². The van der Waals surface area contributed by atoms with Crippen LogP contribution in [0.2, 0.25) is 0 Å². The van der Waals surface area contributed by atoms with E-state index in [0.717, 1.165) is 13.1 Å². The Morgan fingerprint density at radius 1 is 1.39 bits per heavy atom. The largest absolute Gasteiger partial charge is 0.339 e. The van der Waals surface area contributed by atoms with Gasteiger partial charge >= 0.3 is 0 Å². The van der Waals surface area contributed by atoms with Gasteiger partial charge in [-0.3, -0.25) is 0 Å². The molecule has 0 aliphatic carbocycles. The van der Waals surface area contributed by atoms with E-state index >= 15 is 0 Å². The van der Waals surface area contributed by atoms with Crippen molar-refractivity contribution < 1.29 is 12.9 Å². The lowest BCUT2D eigenvalue weighted by atomic mass is 9.98. The molecule has 2 aliphatic rings. The molecule has 2 aliphatic heterocycles. The van der Waals surface area contributed by atoms with E-state index < -0.39 is 9.84 Å². The second-order valence-corrected chi connectivity index (χ2v) is 7.56. The number of hydrogen-bond acceptors (Lipinski definition) is 6. The minimum Gasteiger partial charge on any atom is -0.339 e. The first kappa shape index (κ1) is 12.1. The molecule has 1 aromatic heterocycles. The van der Waals surface area contributed by atoms with Crippen molar-refractivity contribution in [2.75, 3.05) is 24.6 Å². The number of rotatable bonds is 2. The summed E-state index contributed by atoms with van der Waals surface area (Å²) in [7, 11) is -2.90. The Morgan fingerprint density at radius 2 is 2.22 bits per heavy atom. The molecule has 3 rings (SSSR count). The summed E-state index contributed by atoms with van der Waals surface area (Å²) in [5.74, 6) is 2.25. The average molecular weight is 271 g/mol. The van der Waals surface area contributed by atoms with Crippen molar-refractivity contribution in [3.8, 4) is 0 Å². The summed E-state index contributed by atoms with van der Waals surface area (Å²) < 4.78 is 28.2. The molecular weight excluding hydrogens is 254 g/mol. The van der Waals surface area contributed by atoms with Crippen molar-refractivity contribution in [2.24, 2.45) is 5.92 Å². The van der Waals surface area contributed by atoms with E-state index in [1.807, 2.05) is 0 Å². The zero-order valence-electron chi connectivity index (χ0n) is 10.3. The first-order valence-electron chi connectivity index (χ1n) is 6.30. The molecule has 18 heavy (non-hydrogen) atoms. The lowest BCUT2D eigenvalue weighted by Crippen LogP contribution is -2.09. The Labute approximate surface area is 106 Å². The van der Waals surface area contributed by atoms with Crippen molar-refractivity contribution >= 4 is 9.84 Å². The van der Waals surface area contributed by atoms with Crippen molar-refractivity contribution in [3.63, 3.8) is 0 Å². The Morgan fingerprint density at radius 3 is 2.83 bits per heavy atom. The first-order chi connectivity index (χ1) is 8.55. The fraction of sp³-hybridized carbons (Fsp3) is 0.818. The summed E-state index contributed by atoms with van der Waals surface area (Å²) in [4.78, 5) is 4.41. The molecule has 100 valence electrons. The van der Waals surface area contributed by atoms with Gasteiger partial charge in [0.15, 0.2) is 15.7 Å². The fourth-order valence-corrected chi connectivity index (χ4v) is 4.44. The van der Waals surface area contributed by atoms with Crippen LogP contribution in [-0.2, 0) is 9.84 Å². The lowest BCUT2D eigenvalue weighted by molar-refractivity contribution is 0.335. The van der Waals surface area contributed by atoms with Crippen LogP contribution in [0.3, 0.4) is 0 Å². The summed E-state index contributed by atoms with van der Waals surface area (Å²) in [5.41, 5.74) is 0. The standard InChI is InChI=1S/C11H17N3O3S/c1-7-4-12-5-9(7)11-13-10(14-17-11)8-2-3-18(15,16)6-8/h7-9,12H,2-6H2,1H3. The molecule has 0 amide bonds. The highest BCUT2D eigenvalue weighted by Gasteiger charge is 2.34. The molecular formula is C11H17N3O3S. The van der Waals surface area contributed by atoms with Gasteiger partial charge < -0.3 is 9.84 Å². The van der Waals surface area contributed by atoms with E-state index in [4.69, 9.17) is 4.52 Å². The zero-order valence-corrected chi connectivity index (χ0v) is 11.1. The van der Waals surface area contributed by atoms with Crippen LogP contribution in [0.15, 0.2) is 4.52 Å². The average Bonchev–Trinajstić information content (AvgIpc) is 2.97. The molecule has 0 bridgehead atoms. The molecule has 3 atom stereocenters. The van der Waals surface area contributed by atoms with Crippen LogP contribution in [-0.4, -0.2) is 43.2 Å². The van der Waals surface area contributed by atoms with Crippen molar-refractivity contribution in [3.05, 3.63) is 11.7 Å². The van der Waals surface area contributed by atoms with E-state index in [2.05, 4.69) is 22.4 Å². The number of sulfone groups is 1. The molecule has 6 nitrogen and oxygen atoms in total.